The van der Waals surface area contributed by atoms with Crippen LogP contribution in [0.4, 0.5) is 5.69 Å². The Morgan fingerprint density at radius 2 is 2.00 bits per heavy atom. The summed E-state index contributed by atoms with van der Waals surface area (Å²) in [5, 5.41) is 4.16. The van der Waals surface area contributed by atoms with Crippen molar-refractivity contribution in [2.24, 2.45) is 11.7 Å². The number of nitrogens with one attached hydrogen (secondary N) is 2. The number of ether oxygens (including phenoxy) is 1. The molecule has 1 saturated carbocycles. The fraction of sp³-hybridized carbons (Fsp3) is 0.214. The van der Waals surface area contributed by atoms with Gasteiger partial charge in [0.1, 0.15) is 12.4 Å². The third-order valence-electron chi connectivity index (χ3n) is 6.49. The Bertz CT molecular complexity index is 1420. The number of hydrogen-bond acceptors (Lipinski definition) is 4. The van der Waals surface area contributed by atoms with Crippen LogP contribution in [0.2, 0.25) is 0 Å². The number of nitrogens with two attached hydrogens (primary N) is 1. The largest absolute Gasteiger partial charge is 0.490 e. The summed E-state index contributed by atoms with van der Waals surface area (Å²) >= 11 is 0. The van der Waals surface area contributed by atoms with Crippen molar-refractivity contribution >= 4 is 28.1 Å². The molecule has 1 aliphatic heterocycles. The molecule has 4 N–H and O–H groups in total. The number of H-pyrrole nitrogens is 1. The molecule has 1 amide bonds. The number of aromatic amines is 1. The minimum Gasteiger partial charge on any atom is -0.490 e. The van der Waals surface area contributed by atoms with E-state index in [9.17, 15) is 4.79 Å². The van der Waals surface area contributed by atoms with Crippen molar-refractivity contribution < 1.29 is 9.53 Å². The lowest BCUT2D eigenvalue weighted by Gasteiger charge is -2.13. The highest BCUT2D eigenvalue weighted by Gasteiger charge is 2.28. The topological polar surface area (TPSA) is 93.0 Å². The molecule has 3 heterocycles. The van der Waals surface area contributed by atoms with Gasteiger partial charge in [-0.25, -0.2) is 0 Å². The van der Waals surface area contributed by atoms with Crippen LogP contribution in [-0.2, 0) is 11.2 Å². The summed E-state index contributed by atoms with van der Waals surface area (Å²) in [6.45, 7) is 0.390. The number of carbonyl (C=O) groups is 1. The zero-order valence-electron chi connectivity index (χ0n) is 18.8. The number of hydrogen-bond donors (Lipinski definition) is 3. The summed E-state index contributed by atoms with van der Waals surface area (Å²) in [6, 6.07) is 16.1. The molecule has 2 aromatic carbocycles. The molecule has 0 unspecified atom stereocenters. The van der Waals surface area contributed by atoms with Gasteiger partial charge in [-0.05, 0) is 60.6 Å². The van der Waals surface area contributed by atoms with Crippen LogP contribution >= 0.6 is 0 Å². The SMILES string of the molecule is N[C@@H](COc1cncc(-c2ccc3c(c2)C(=CC2CC2)C(=O)N3)c1)Cc1c[nH]c2ccccc12. The number of nitrogens with zero attached hydrogens (tertiary/aromatic N) is 1. The van der Waals surface area contributed by atoms with E-state index in [1.807, 2.05) is 42.7 Å². The highest BCUT2D eigenvalue weighted by molar-refractivity contribution is 6.31. The molecule has 6 heteroatoms. The number of benzene rings is 2. The zero-order valence-corrected chi connectivity index (χ0v) is 18.8. The van der Waals surface area contributed by atoms with Crippen molar-refractivity contribution in [2.45, 2.75) is 25.3 Å². The van der Waals surface area contributed by atoms with Gasteiger partial charge < -0.3 is 20.8 Å². The van der Waals surface area contributed by atoms with E-state index in [0.717, 1.165) is 52.7 Å². The summed E-state index contributed by atoms with van der Waals surface area (Å²) in [7, 11) is 0. The highest BCUT2D eigenvalue weighted by atomic mass is 16.5. The van der Waals surface area contributed by atoms with Crippen molar-refractivity contribution in [1.29, 1.82) is 0 Å². The molecule has 4 aromatic rings. The summed E-state index contributed by atoms with van der Waals surface area (Å²) in [6.07, 6.45) is 10.7. The summed E-state index contributed by atoms with van der Waals surface area (Å²) in [5.41, 5.74) is 13.2. The van der Waals surface area contributed by atoms with E-state index in [2.05, 4.69) is 39.6 Å². The zero-order chi connectivity index (χ0) is 23.1. The molecule has 1 fully saturated rings. The van der Waals surface area contributed by atoms with Crippen LogP contribution in [0.5, 0.6) is 5.75 Å². The van der Waals surface area contributed by atoms with Crippen molar-refractivity contribution in [1.82, 2.24) is 9.97 Å². The number of carbonyl (C=O) groups excluding carboxylic acids is 1. The van der Waals surface area contributed by atoms with Crippen molar-refractivity contribution in [3.8, 4) is 16.9 Å². The molecule has 170 valence electrons. The van der Waals surface area contributed by atoms with E-state index >= 15 is 0 Å². The lowest BCUT2D eigenvalue weighted by atomic mass is 9.99. The number of fused-ring (bicyclic) bond motifs is 2. The average molecular weight is 451 g/mol. The van der Waals surface area contributed by atoms with Gasteiger partial charge in [-0.2, -0.15) is 0 Å². The van der Waals surface area contributed by atoms with Gasteiger partial charge in [0.2, 0.25) is 0 Å². The molecular weight excluding hydrogens is 424 g/mol. The average Bonchev–Trinajstić information content (AvgIpc) is 3.52. The van der Waals surface area contributed by atoms with E-state index < -0.39 is 0 Å². The number of rotatable bonds is 7. The van der Waals surface area contributed by atoms with E-state index in [-0.39, 0.29) is 11.9 Å². The Morgan fingerprint density at radius 3 is 2.88 bits per heavy atom. The van der Waals surface area contributed by atoms with Crippen molar-refractivity contribution in [3.63, 3.8) is 0 Å². The minimum absolute atomic E-state index is 0.0153. The molecular formula is C28H26N4O2. The molecule has 2 aromatic heterocycles. The van der Waals surface area contributed by atoms with Crippen LogP contribution in [0.15, 0.2) is 73.2 Å². The van der Waals surface area contributed by atoms with Crippen LogP contribution in [-0.4, -0.2) is 28.5 Å². The third-order valence-corrected chi connectivity index (χ3v) is 6.49. The van der Waals surface area contributed by atoms with Gasteiger partial charge in [0, 0.05) is 51.7 Å². The maximum atomic E-state index is 12.4. The smallest absolute Gasteiger partial charge is 0.256 e. The lowest BCUT2D eigenvalue weighted by molar-refractivity contribution is -0.110. The number of aromatic nitrogens is 2. The molecule has 0 bridgehead atoms. The Hall–Kier alpha value is -3.90. The monoisotopic (exact) mass is 450 g/mol. The second kappa shape index (κ2) is 8.47. The van der Waals surface area contributed by atoms with E-state index in [1.165, 1.54) is 10.9 Å². The molecule has 0 saturated heterocycles. The highest BCUT2D eigenvalue weighted by Crippen LogP contribution is 2.40. The normalized spacial score (nSPS) is 17.1. The van der Waals surface area contributed by atoms with Crippen molar-refractivity contribution in [2.75, 3.05) is 11.9 Å². The fourth-order valence-corrected chi connectivity index (χ4v) is 4.53. The second-order valence-electron chi connectivity index (χ2n) is 9.18. The number of para-hydroxylation sites is 1. The first-order chi connectivity index (χ1) is 16.6. The van der Waals surface area contributed by atoms with E-state index in [0.29, 0.717) is 18.3 Å². The molecule has 0 spiro atoms. The molecule has 1 aliphatic carbocycles. The Kier molecular flexibility index (Phi) is 5.15. The maximum absolute atomic E-state index is 12.4. The van der Waals surface area contributed by atoms with Crippen LogP contribution in [0, 0.1) is 5.92 Å². The molecule has 6 nitrogen and oxygen atoms in total. The first kappa shape index (κ1) is 20.7. The number of pyridine rings is 1. The number of amides is 1. The van der Waals surface area contributed by atoms with Crippen LogP contribution in [0.3, 0.4) is 0 Å². The van der Waals surface area contributed by atoms with Gasteiger partial charge in [0.25, 0.3) is 5.91 Å². The van der Waals surface area contributed by atoms with E-state index in [4.69, 9.17) is 10.5 Å². The van der Waals surface area contributed by atoms with Crippen LogP contribution in [0.1, 0.15) is 24.0 Å². The maximum Gasteiger partial charge on any atom is 0.256 e. The summed E-state index contributed by atoms with van der Waals surface area (Å²) < 4.78 is 6.01. The Labute approximate surface area is 197 Å². The number of anilines is 1. The fourth-order valence-electron chi connectivity index (χ4n) is 4.53. The van der Waals surface area contributed by atoms with Gasteiger partial charge in [0.05, 0.1) is 6.20 Å². The summed E-state index contributed by atoms with van der Waals surface area (Å²) in [4.78, 5) is 20.1. The van der Waals surface area contributed by atoms with Gasteiger partial charge in [-0.3, -0.25) is 9.78 Å². The second-order valence-corrected chi connectivity index (χ2v) is 9.18. The van der Waals surface area contributed by atoms with Crippen LogP contribution < -0.4 is 15.8 Å². The number of allylic oxidation sites excluding steroid dienone is 1. The van der Waals surface area contributed by atoms with Gasteiger partial charge in [-0.15, -0.1) is 0 Å². The quantitative estimate of drug-likeness (QED) is 0.348. The molecule has 6 rings (SSSR count). The van der Waals surface area contributed by atoms with Gasteiger partial charge in [0.15, 0.2) is 0 Å². The first-order valence-corrected chi connectivity index (χ1v) is 11.7. The molecule has 2 aliphatic rings. The molecule has 34 heavy (non-hydrogen) atoms. The Morgan fingerprint density at radius 1 is 1.12 bits per heavy atom. The lowest BCUT2D eigenvalue weighted by Crippen LogP contribution is -2.30. The van der Waals surface area contributed by atoms with Gasteiger partial charge >= 0.3 is 0 Å². The third kappa shape index (κ3) is 4.08. The standard InChI is InChI=1S/C28H26N4O2/c29-21(10-20-14-31-26-4-2-1-3-23(20)26)16-34-22-11-19(13-30-15-22)18-7-8-27-24(12-18)25(28(33)32-27)9-17-5-6-17/h1-4,7-9,11-15,17,21,31H,5-6,10,16,29H2,(H,32,33)/t21-/m1/s1. The first-order valence-electron chi connectivity index (χ1n) is 11.7. The minimum atomic E-state index is -0.143. The van der Waals surface area contributed by atoms with Crippen molar-refractivity contribution in [3.05, 3.63) is 84.3 Å². The van der Waals surface area contributed by atoms with Crippen LogP contribution in [0.25, 0.3) is 27.6 Å². The summed E-state index contributed by atoms with van der Waals surface area (Å²) in [5.74, 6) is 1.19. The predicted octanol–water partition coefficient (Wildman–Crippen LogP) is 4.92. The predicted molar refractivity (Wildman–Crippen MR) is 134 cm³/mol. The molecule has 0 radical (unpaired) electrons. The molecule has 1 atom stereocenters. The Balaban J connectivity index is 1.16. The van der Waals surface area contributed by atoms with E-state index in [1.54, 1.807) is 6.20 Å². The van der Waals surface area contributed by atoms with Gasteiger partial charge in [-0.1, -0.05) is 30.3 Å².